The molecule has 1 amide bonds. The summed E-state index contributed by atoms with van der Waals surface area (Å²) in [6, 6.07) is 9.19. The Bertz CT molecular complexity index is 309. The summed E-state index contributed by atoms with van der Waals surface area (Å²) in [5.41, 5.74) is 6.44. The molecule has 1 aromatic carbocycles. The molecule has 0 spiro atoms. The van der Waals surface area contributed by atoms with Crippen molar-refractivity contribution in [2.45, 2.75) is 32.4 Å². The monoisotopic (exact) mass is 206 g/mol. The Labute approximate surface area is 90.7 Å². The Kier molecular flexibility index (Phi) is 4.31. The Hall–Kier alpha value is -1.35. The van der Waals surface area contributed by atoms with Crippen LogP contribution in [0, 0.1) is 0 Å². The summed E-state index contributed by atoms with van der Waals surface area (Å²) in [5, 5.41) is 2.92. The van der Waals surface area contributed by atoms with Crippen LogP contribution in [0.4, 0.5) is 0 Å². The Morgan fingerprint density at radius 3 is 2.47 bits per heavy atom. The largest absolute Gasteiger partial charge is 0.348 e. The lowest BCUT2D eigenvalue weighted by molar-refractivity contribution is 0.0931. The summed E-state index contributed by atoms with van der Waals surface area (Å²) in [6.07, 6.45) is 0.843. The van der Waals surface area contributed by atoms with Gasteiger partial charge in [-0.3, -0.25) is 4.79 Å². The Balaban J connectivity index is 2.63. The van der Waals surface area contributed by atoms with Crippen molar-refractivity contribution in [1.82, 2.24) is 5.32 Å². The van der Waals surface area contributed by atoms with Crippen LogP contribution in [0.5, 0.6) is 0 Å². The average Bonchev–Trinajstić information content (AvgIpc) is 2.26. The maximum absolute atomic E-state index is 11.8. The van der Waals surface area contributed by atoms with Crippen LogP contribution in [-0.4, -0.2) is 18.0 Å². The van der Waals surface area contributed by atoms with Crippen molar-refractivity contribution in [3.05, 3.63) is 35.9 Å². The molecule has 0 heterocycles. The fourth-order valence-corrected chi connectivity index (χ4v) is 1.45. The van der Waals surface area contributed by atoms with Gasteiger partial charge in [0, 0.05) is 17.6 Å². The van der Waals surface area contributed by atoms with E-state index in [1.807, 2.05) is 32.0 Å². The molecule has 0 fully saturated rings. The number of nitrogens with one attached hydrogen (secondary N) is 1. The first-order chi connectivity index (χ1) is 7.15. The fraction of sp³-hybridized carbons (Fsp3) is 0.417. The summed E-state index contributed by atoms with van der Waals surface area (Å²) in [4.78, 5) is 11.8. The van der Waals surface area contributed by atoms with Crippen LogP contribution in [0.1, 0.15) is 30.6 Å². The van der Waals surface area contributed by atoms with Crippen molar-refractivity contribution in [1.29, 1.82) is 0 Å². The van der Waals surface area contributed by atoms with Gasteiger partial charge in [-0.05, 0) is 25.5 Å². The van der Waals surface area contributed by atoms with Crippen LogP contribution in [0.15, 0.2) is 30.3 Å². The average molecular weight is 206 g/mol. The summed E-state index contributed by atoms with van der Waals surface area (Å²) in [6.45, 7) is 3.92. The molecule has 82 valence electrons. The van der Waals surface area contributed by atoms with E-state index in [1.165, 1.54) is 0 Å². The lowest BCUT2D eigenvalue weighted by Gasteiger charge is -2.20. The van der Waals surface area contributed by atoms with E-state index >= 15 is 0 Å². The van der Waals surface area contributed by atoms with E-state index in [-0.39, 0.29) is 18.0 Å². The van der Waals surface area contributed by atoms with Gasteiger partial charge in [-0.1, -0.05) is 25.1 Å². The Morgan fingerprint density at radius 2 is 2.00 bits per heavy atom. The van der Waals surface area contributed by atoms with Gasteiger partial charge in [-0.2, -0.15) is 0 Å². The van der Waals surface area contributed by atoms with Gasteiger partial charge in [0.1, 0.15) is 0 Å². The second kappa shape index (κ2) is 5.51. The molecule has 0 radical (unpaired) electrons. The predicted octanol–water partition coefficient (Wildman–Crippen LogP) is 1.54. The van der Waals surface area contributed by atoms with Crippen molar-refractivity contribution >= 4 is 5.91 Å². The molecule has 3 N–H and O–H groups in total. The lowest BCUT2D eigenvalue weighted by Crippen LogP contribution is -2.45. The van der Waals surface area contributed by atoms with E-state index < -0.39 is 0 Å². The van der Waals surface area contributed by atoms with Crippen LogP contribution in [-0.2, 0) is 0 Å². The van der Waals surface area contributed by atoms with E-state index in [2.05, 4.69) is 5.32 Å². The molecule has 0 aliphatic carbocycles. The third-order valence-electron chi connectivity index (χ3n) is 2.43. The summed E-state index contributed by atoms with van der Waals surface area (Å²) < 4.78 is 0. The number of amides is 1. The molecule has 2 atom stereocenters. The van der Waals surface area contributed by atoms with Crippen LogP contribution in [0.3, 0.4) is 0 Å². The molecule has 0 bridgehead atoms. The van der Waals surface area contributed by atoms with Crippen molar-refractivity contribution in [2.24, 2.45) is 5.73 Å². The maximum atomic E-state index is 11.8. The van der Waals surface area contributed by atoms with E-state index in [0.717, 1.165) is 6.42 Å². The molecule has 3 nitrogen and oxygen atoms in total. The fourth-order valence-electron chi connectivity index (χ4n) is 1.45. The minimum atomic E-state index is -0.0558. The minimum absolute atomic E-state index is 0.0253. The zero-order chi connectivity index (χ0) is 11.3. The lowest BCUT2D eigenvalue weighted by atomic mass is 10.1. The third-order valence-corrected chi connectivity index (χ3v) is 2.43. The zero-order valence-electron chi connectivity index (χ0n) is 9.23. The van der Waals surface area contributed by atoms with Gasteiger partial charge in [-0.15, -0.1) is 0 Å². The molecule has 1 aromatic rings. The molecular weight excluding hydrogens is 188 g/mol. The number of nitrogens with two attached hydrogens (primary N) is 1. The van der Waals surface area contributed by atoms with Gasteiger partial charge in [0.05, 0.1) is 0 Å². The number of hydrogen-bond acceptors (Lipinski definition) is 2. The van der Waals surface area contributed by atoms with Gasteiger partial charge in [0.25, 0.3) is 5.91 Å². The van der Waals surface area contributed by atoms with Gasteiger partial charge < -0.3 is 11.1 Å². The number of carbonyl (C=O) groups is 1. The summed E-state index contributed by atoms with van der Waals surface area (Å²) >= 11 is 0. The highest BCUT2D eigenvalue weighted by molar-refractivity contribution is 5.94. The smallest absolute Gasteiger partial charge is 0.251 e. The predicted molar refractivity (Wildman–Crippen MR) is 61.6 cm³/mol. The molecule has 15 heavy (non-hydrogen) atoms. The highest BCUT2D eigenvalue weighted by Crippen LogP contribution is 2.01. The van der Waals surface area contributed by atoms with Crippen molar-refractivity contribution in [3.63, 3.8) is 0 Å². The molecule has 1 rings (SSSR count). The number of rotatable bonds is 4. The van der Waals surface area contributed by atoms with Gasteiger partial charge in [-0.25, -0.2) is 0 Å². The van der Waals surface area contributed by atoms with Gasteiger partial charge >= 0.3 is 0 Å². The Morgan fingerprint density at radius 1 is 1.40 bits per heavy atom. The third kappa shape index (κ3) is 3.36. The van der Waals surface area contributed by atoms with Crippen LogP contribution in [0.2, 0.25) is 0 Å². The normalized spacial score (nSPS) is 14.3. The molecule has 0 saturated heterocycles. The SMILES string of the molecule is CCC(NC(=O)c1ccccc1)C(C)N. The van der Waals surface area contributed by atoms with E-state index in [1.54, 1.807) is 12.1 Å². The minimum Gasteiger partial charge on any atom is -0.348 e. The molecule has 0 saturated carbocycles. The van der Waals surface area contributed by atoms with Crippen molar-refractivity contribution in [3.8, 4) is 0 Å². The number of benzene rings is 1. The first kappa shape index (κ1) is 11.7. The molecule has 3 heteroatoms. The van der Waals surface area contributed by atoms with Gasteiger partial charge in [0.2, 0.25) is 0 Å². The molecule has 2 unspecified atom stereocenters. The first-order valence-corrected chi connectivity index (χ1v) is 5.26. The highest BCUT2D eigenvalue weighted by atomic mass is 16.1. The van der Waals surface area contributed by atoms with E-state index in [0.29, 0.717) is 5.56 Å². The highest BCUT2D eigenvalue weighted by Gasteiger charge is 2.14. The van der Waals surface area contributed by atoms with Crippen LogP contribution < -0.4 is 11.1 Å². The molecular formula is C12H18N2O. The van der Waals surface area contributed by atoms with Gasteiger partial charge in [0.15, 0.2) is 0 Å². The maximum Gasteiger partial charge on any atom is 0.251 e. The number of carbonyl (C=O) groups excluding carboxylic acids is 1. The molecule has 0 aliphatic rings. The standard InChI is InChI=1S/C12H18N2O/c1-3-11(9(2)13)14-12(15)10-7-5-4-6-8-10/h4-9,11H,3,13H2,1-2H3,(H,14,15). The zero-order valence-corrected chi connectivity index (χ0v) is 9.23. The van der Waals surface area contributed by atoms with Crippen LogP contribution >= 0.6 is 0 Å². The number of hydrogen-bond donors (Lipinski definition) is 2. The van der Waals surface area contributed by atoms with Crippen LogP contribution in [0.25, 0.3) is 0 Å². The molecule has 0 aromatic heterocycles. The van der Waals surface area contributed by atoms with E-state index in [9.17, 15) is 4.79 Å². The van der Waals surface area contributed by atoms with Crippen molar-refractivity contribution < 1.29 is 4.79 Å². The quantitative estimate of drug-likeness (QED) is 0.785. The van der Waals surface area contributed by atoms with Crippen molar-refractivity contribution in [2.75, 3.05) is 0 Å². The van der Waals surface area contributed by atoms with E-state index in [4.69, 9.17) is 5.73 Å². The molecule has 0 aliphatic heterocycles. The topological polar surface area (TPSA) is 55.1 Å². The summed E-state index contributed by atoms with van der Waals surface area (Å²) in [5.74, 6) is -0.0558. The summed E-state index contributed by atoms with van der Waals surface area (Å²) in [7, 11) is 0. The first-order valence-electron chi connectivity index (χ1n) is 5.26. The second-order valence-electron chi connectivity index (χ2n) is 3.71. The second-order valence-corrected chi connectivity index (χ2v) is 3.71.